The van der Waals surface area contributed by atoms with Crippen LogP contribution < -0.4 is 19.8 Å². The number of carbonyl (C=O) groups is 5. The van der Waals surface area contributed by atoms with Crippen LogP contribution in [0, 0.1) is 0 Å². The lowest BCUT2D eigenvalue weighted by atomic mass is 9.98. The molecule has 0 radical (unpaired) electrons. The van der Waals surface area contributed by atoms with Crippen LogP contribution >= 0.6 is 0 Å². The lowest BCUT2D eigenvalue weighted by molar-refractivity contribution is -0.288. The molecule has 3 aromatic rings. The number of hydrogen-bond acceptors (Lipinski definition) is 15. The highest BCUT2D eigenvalue weighted by atomic mass is 16.7. The van der Waals surface area contributed by atoms with Gasteiger partial charge < -0.3 is 42.3 Å². The third-order valence-electron chi connectivity index (χ3n) is 7.44. The Hall–Kier alpha value is -5.44. The van der Waals surface area contributed by atoms with E-state index in [-0.39, 0.29) is 34.6 Å². The lowest BCUT2D eigenvalue weighted by Crippen LogP contribution is -2.63. The zero-order valence-electron chi connectivity index (χ0n) is 28.9. The van der Waals surface area contributed by atoms with Crippen LogP contribution in [-0.4, -0.2) is 73.8 Å². The molecule has 274 valence electrons. The van der Waals surface area contributed by atoms with Crippen molar-refractivity contribution in [1.29, 1.82) is 0 Å². The first-order chi connectivity index (χ1) is 24.4. The highest BCUT2D eigenvalue weighted by molar-refractivity contribution is 5.93. The summed E-state index contributed by atoms with van der Waals surface area (Å²) < 4.78 is 50.6. The van der Waals surface area contributed by atoms with Gasteiger partial charge >= 0.3 is 35.5 Å². The first-order valence-corrected chi connectivity index (χ1v) is 16.4. The summed E-state index contributed by atoms with van der Waals surface area (Å²) in [4.78, 5) is 74.3. The molecule has 1 aromatic heterocycles. The predicted octanol–water partition coefficient (Wildman–Crippen LogP) is 4.43. The van der Waals surface area contributed by atoms with E-state index in [9.17, 15) is 28.8 Å². The SMILES string of the molecule is CCCCCCOc1c(OC(=O)c2ccccc2)c(=O)oc2cc(O[C@@H]3O[C@H](COC(C)=O)[C@@H](OC(C)=O)[C@H](OC(C)=O)[C@H]3OC(C)=O)ccc12. The van der Waals surface area contributed by atoms with Gasteiger partial charge in [-0.05, 0) is 30.7 Å². The smallest absolute Gasteiger partial charge is 0.383 e. The summed E-state index contributed by atoms with van der Waals surface area (Å²) in [5, 5.41) is 0.273. The van der Waals surface area contributed by atoms with Crippen LogP contribution in [0.1, 0.15) is 70.7 Å². The number of ether oxygens (including phenoxy) is 8. The number of hydrogen-bond donors (Lipinski definition) is 0. The number of benzene rings is 2. The molecular weight excluding hydrogens is 672 g/mol. The minimum absolute atomic E-state index is 0.0131. The van der Waals surface area contributed by atoms with Gasteiger partial charge in [0, 0.05) is 33.8 Å². The minimum Gasteiger partial charge on any atom is -0.489 e. The molecule has 0 saturated carbocycles. The van der Waals surface area contributed by atoms with Crippen molar-refractivity contribution in [2.75, 3.05) is 13.2 Å². The Labute approximate surface area is 293 Å². The van der Waals surface area contributed by atoms with Crippen molar-refractivity contribution in [3.8, 4) is 17.2 Å². The molecule has 1 fully saturated rings. The maximum atomic E-state index is 13.3. The van der Waals surface area contributed by atoms with Gasteiger partial charge in [-0.2, -0.15) is 0 Å². The molecule has 1 aliphatic heterocycles. The van der Waals surface area contributed by atoms with Crippen molar-refractivity contribution < 1.29 is 66.3 Å². The van der Waals surface area contributed by atoms with Gasteiger partial charge in [-0.1, -0.05) is 44.4 Å². The average molecular weight is 713 g/mol. The third kappa shape index (κ3) is 10.5. The van der Waals surface area contributed by atoms with E-state index in [0.717, 1.165) is 47.0 Å². The molecule has 1 saturated heterocycles. The Morgan fingerprint density at radius 1 is 0.745 bits per heavy atom. The maximum Gasteiger partial charge on any atom is 0.383 e. The van der Waals surface area contributed by atoms with Crippen LogP contribution in [0.2, 0.25) is 0 Å². The minimum atomic E-state index is -1.53. The average Bonchev–Trinajstić information content (AvgIpc) is 3.07. The largest absolute Gasteiger partial charge is 0.489 e. The molecule has 5 atom stereocenters. The fourth-order valence-electron chi connectivity index (χ4n) is 5.29. The first-order valence-electron chi connectivity index (χ1n) is 16.4. The molecule has 0 N–H and O–H groups in total. The van der Waals surface area contributed by atoms with Gasteiger partial charge in [0.2, 0.25) is 12.4 Å². The van der Waals surface area contributed by atoms with Crippen LogP contribution in [0.3, 0.4) is 0 Å². The quantitative estimate of drug-likeness (QED) is 0.0930. The van der Waals surface area contributed by atoms with Gasteiger partial charge in [-0.25, -0.2) is 9.59 Å². The topological polar surface area (TPSA) is 189 Å². The van der Waals surface area contributed by atoms with Gasteiger partial charge in [-0.15, -0.1) is 0 Å². The Kier molecular flexibility index (Phi) is 13.5. The fourth-order valence-corrected chi connectivity index (χ4v) is 5.29. The molecule has 2 aromatic carbocycles. The predicted molar refractivity (Wildman–Crippen MR) is 176 cm³/mol. The molecule has 1 aliphatic rings. The number of rotatable bonds is 15. The summed E-state index contributed by atoms with van der Waals surface area (Å²) in [7, 11) is 0. The van der Waals surface area contributed by atoms with E-state index in [0.29, 0.717) is 6.42 Å². The summed E-state index contributed by atoms with van der Waals surface area (Å²) in [6, 6.07) is 12.4. The number of carbonyl (C=O) groups excluding carboxylic acids is 5. The lowest BCUT2D eigenvalue weighted by Gasteiger charge is -2.43. The Bertz CT molecular complexity index is 1770. The van der Waals surface area contributed by atoms with E-state index < -0.39 is 78.5 Å². The normalized spacial score (nSPS) is 19.7. The molecule has 0 amide bonds. The molecule has 4 rings (SSSR count). The number of esters is 5. The van der Waals surface area contributed by atoms with E-state index in [1.165, 1.54) is 30.3 Å². The summed E-state index contributed by atoms with van der Waals surface area (Å²) in [6.45, 7) is 6.30. The van der Waals surface area contributed by atoms with Crippen molar-refractivity contribution in [3.05, 3.63) is 64.5 Å². The van der Waals surface area contributed by atoms with E-state index >= 15 is 0 Å². The third-order valence-corrected chi connectivity index (χ3v) is 7.44. The van der Waals surface area contributed by atoms with Gasteiger partial charge in [0.1, 0.15) is 24.0 Å². The molecule has 0 aliphatic carbocycles. The molecule has 15 nitrogen and oxygen atoms in total. The van der Waals surface area contributed by atoms with Crippen molar-refractivity contribution >= 4 is 40.8 Å². The molecule has 15 heteroatoms. The summed E-state index contributed by atoms with van der Waals surface area (Å²) in [5.41, 5.74) is -0.814. The highest BCUT2D eigenvalue weighted by Crippen LogP contribution is 2.37. The van der Waals surface area contributed by atoms with Gasteiger partial charge in [0.25, 0.3) is 5.75 Å². The van der Waals surface area contributed by atoms with E-state index in [1.807, 2.05) is 0 Å². The van der Waals surface area contributed by atoms with Crippen LogP contribution in [0.5, 0.6) is 17.2 Å². The summed E-state index contributed by atoms with van der Waals surface area (Å²) in [5.74, 6) is -4.28. The molecule has 2 heterocycles. The second-order valence-electron chi connectivity index (χ2n) is 11.6. The summed E-state index contributed by atoms with van der Waals surface area (Å²) >= 11 is 0. The van der Waals surface area contributed by atoms with Crippen molar-refractivity contribution in [1.82, 2.24) is 0 Å². The number of fused-ring (bicyclic) bond motifs is 1. The zero-order chi connectivity index (χ0) is 37.1. The monoisotopic (exact) mass is 712 g/mol. The Balaban J connectivity index is 1.73. The first kappa shape index (κ1) is 38.4. The fraction of sp³-hybridized carbons (Fsp3) is 0.444. The van der Waals surface area contributed by atoms with Crippen LogP contribution in [0.15, 0.2) is 57.7 Å². The molecule has 0 bridgehead atoms. The van der Waals surface area contributed by atoms with E-state index in [2.05, 4.69) is 6.92 Å². The van der Waals surface area contributed by atoms with Crippen LogP contribution in [0.4, 0.5) is 0 Å². The van der Waals surface area contributed by atoms with Crippen molar-refractivity contribution in [3.63, 3.8) is 0 Å². The van der Waals surface area contributed by atoms with E-state index in [4.69, 9.17) is 42.3 Å². The summed E-state index contributed by atoms with van der Waals surface area (Å²) in [6.07, 6.45) is -3.57. The second kappa shape index (κ2) is 18.0. The van der Waals surface area contributed by atoms with Crippen LogP contribution in [-0.2, 0) is 42.9 Å². The van der Waals surface area contributed by atoms with Crippen molar-refractivity contribution in [2.24, 2.45) is 0 Å². The van der Waals surface area contributed by atoms with Gasteiger partial charge in [0.15, 0.2) is 18.0 Å². The van der Waals surface area contributed by atoms with Gasteiger partial charge in [-0.3, -0.25) is 19.2 Å². The molecule has 0 unspecified atom stereocenters. The van der Waals surface area contributed by atoms with E-state index in [1.54, 1.807) is 18.2 Å². The Morgan fingerprint density at radius 3 is 2.06 bits per heavy atom. The highest BCUT2D eigenvalue weighted by Gasteiger charge is 2.53. The molecule has 0 spiro atoms. The Morgan fingerprint density at radius 2 is 1.41 bits per heavy atom. The molecular formula is C36H40O15. The standard InChI is InChI=1S/C36H40O15/c1-6-7-8-12-17-43-29-26-16-15-25(18-27(26)49-35(42)32(29)51-34(41)24-13-10-9-11-14-24)48-36-33(47-23(5)40)31(46-22(4)39)30(45-21(3)38)28(50-36)19-44-20(2)37/h9-11,13-16,18,28,30-31,33,36H,6-8,12,17,19H2,1-5H3/t28-,30-,31+,33-,36-/m1/s1. The number of unbranched alkanes of at least 4 members (excludes halogenated alkanes) is 3. The second-order valence-corrected chi connectivity index (χ2v) is 11.6. The maximum absolute atomic E-state index is 13.3. The van der Waals surface area contributed by atoms with Gasteiger partial charge in [0.05, 0.1) is 17.6 Å². The molecule has 51 heavy (non-hydrogen) atoms. The zero-order valence-corrected chi connectivity index (χ0v) is 28.9. The van der Waals surface area contributed by atoms with Crippen LogP contribution in [0.25, 0.3) is 11.0 Å². The van der Waals surface area contributed by atoms with Crippen molar-refractivity contribution in [2.45, 2.75) is 91.0 Å².